The van der Waals surface area contributed by atoms with Crippen LogP contribution < -0.4 is 68.9 Å². The van der Waals surface area contributed by atoms with Gasteiger partial charge in [-0.1, -0.05) is 32.4 Å². The molecule has 0 aliphatic heterocycles. The molecule has 4 rings (SSSR count). The summed E-state index contributed by atoms with van der Waals surface area (Å²) in [5.41, 5.74) is -2.64. The number of allylic oxidation sites excluding steroid dienone is 4. The summed E-state index contributed by atoms with van der Waals surface area (Å²) in [4.78, 5) is 48.1. The number of rotatable bonds is 4. The molecular weight excluding hydrogens is 469 g/mol. The first kappa shape index (κ1) is 30.1. The van der Waals surface area contributed by atoms with Crippen molar-refractivity contribution in [1.29, 1.82) is 0 Å². The maximum Gasteiger partial charge on any atom is 1.00 e. The first-order valence-corrected chi connectivity index (χ1v) is 12.3. The number of aliphatic hydroxyl groups is 2. The van der Waals surface area contributed by atoms with Crippen LogP contribution in [0.1, 0.15) is 46.5 Å². The second-order valence-corrected chi connectivity index (χ2v) is 11.3. The van der Waals surface area contributed by atoms with E-state index in [4.69, 9.17) is 4.52 Å². The molecule has 0 spiro atoms. The molecule has 0 saturated heterocycles. The van der Waals surface area contributed by atoms with Crippen LogP contribution in [0.2, 0.25) is 0 Å². The Kier molecular flexibility index (Phi) is 9.08. The quantitative estimate of drug-likeness (QED) is 0.289. The van der Waals surface area contributed by atoms with Gasteiger partial charge in [0.2, 0.25) is 0 Å². The monoisotopic (exact) mass is 498 g/mol. The number of hydrogen-bond donors (Lipinski definition) is 2. The average molecular weight is 498 g/mol. The summed E-state index contributed by atoms with van der Waals surface area (Å²) >= 11 is 0. The van der Waals surface area contributed by atoms with Crippen molar-refractivity contribution in [3.8, 4) is 0 Å². The molecule has 33 heavy (non-hydrogen) atoms. The van der Waals surface area contributed by atoms with Gasteiger partial charge in [-0.3, -0.25) is 9.59 Å². The molecule has 2 N–H and O–H groups in total. The van der Waals surface area contributed by atoms with Crippen molar-refractivity contribution < 1.29 is 97.8 Å². The molecule has 0 unspecified atom stereocenters. The van der Waals surface area contributed by atoms with Gasteiger partial charge >= 0.3 is 59.1 Å². The zero-order chi connectivity index (χ0) is 23.0. The number of Topliss-reactive ketones (excluding diaryl/α,β-unsaturated/α-hetero) is 1. The molecule has 0 aromatic carbocycles. The standard InChI is InChI=1S/C22H31O8P.2Na/c1-12-8-14-15-5-7-22(18(26)11-23,30-31(27,28)29)21(15,3)10-17(25)19(14)20(2)6-4-13(24)9-16(12)20;;/h4,6,9,12,14-15,17,19,23,25H,5,7-8,10-11H2,1-3H3,(H2,27,28,29);;/q;2*+1/p-2/t12-,14-,15-,17-,19+,20-,21-,22-;;/m0../s1. The van der Waals surface area contributed by atoms with Crippen molar-refractivity contribution in [1.82, 2.24) is 0 Å². The van der Waals surface area contributed by atoms with Crippen LogP contribution in [0.25, 0.3) is 0 Å². The SMILES string of the molecule is C[C@H]1C[C@@H]2[C@H]([C@@H](O)C[C@@]3(C)[C@H]2CC[C@]3(OP(=O)([O-])[O-])C(=O)CO)[C@@]2(C)C=CC(=O)C=C12.[Na+].[Na+]. The van der Waals surface area contributed by atoms with Gasteiger partial charge in [0, 0.05) is 16.7 Å². The first-order chi connectivity index (χ1) is 14.3. The minimum Gasteiger partial charge on any atom is -0.790 e. The largest absolute Gasteiger partial charge is 1.00 e. The van der Waals surface area contributed by atoms with Gasteiger partial charge < -0.3 is 29.1 Å². The number of carbonyl (C=O) groups is 2. The van der Waals surface area contributed by atoms with Crippen molar-refractivity contribution in [3.63, 3.8) is 0 Å². The number of phosphoric ester groups is 1. The van der Waals surface area contributed by atoms with Crippen molar-refractivity contribution in [2.75, 3.05) is 6.61 Å². The maximum absolute atomic E-state index is 12.8. The molecule has 0 heterocycles. The third-order valence-electron chi connectivity index (χ3n) is 8.80. The molecule has 4 aliphatic rings. The van der Waals surface area contributed by atoms with E-state index in [2.05, 4.69) is 0 Å². The molecular formula is C22H29Na2O8P. The molecule has 4 aliphatic carbocycles. The number of hydrogen-bond acceptors (Lipinski definition) is 8. The molecule has 0 bridgehead atoms. The molecule has 3 fully saturated rings. The van der Waals surface area contributed by atoms with E-state index in [0.717, 1.165) is 5.57 Å². The van der Waals surface area contributed by atoms with Crippen molar-refractivity contribution in [2.45, 2.75) is 58.2 Å². The predicted octanol–water partition coefficient (Wildman–Crippen LogP) is -5.34. The third-order valence-corrected chi connectivity index (χ3v) is 9.33. The summed E-state index contributed by atoms with van der Waals surface area (Å²) in [5.74, 6) is -1.33. The van der Waals surface area contributed by atoms with Crippen LogP contribution in [-0.2, 0) is 18.7 Å². The molecule has 0 aromatic rings. The van der Waals surface area contributed by atoms with E-state index >= 15 is 0 Å². The Balaban J connectivity index is 0.00000193. The van der Waals surface area contributed by atoms with Crippen LogP contribution in [0, 0.1) is 34.5 Å². The van der Waals surface area contributed by atoms with Crippen LogP contribution in [0.3, 0.4) is 0 Å². The molecule has 8 atom stereocenters. The fraction of sp³-hybridized carbons (Fsp3) is 0.727. The molecule has 11 heteroatoms. The fourth-order valence-electron chi connectivity index (χ4n) is 7.72. The topological polar surface area (TPSA) is 147 Å². The van der Waals surface area contributed by atoms with Gasteiger partial charge in [-0.25, -0.2) is 0 Å². The van der Waals surface area contributed by atoms with Gasteiger partial charge in [0.25, 0.3) is 0 Å². The van der Waals surface area contributed by atoms with Crippen LogP contribution in [0.4, 0.5) is 0 Å². The number of carbonyl (C=O) groups excluding carboxylic acids is 2. The van der Waals surface area contributed by atoms with E-state index in [1.165, 1.54) is 6.08 Å². The van der Waals surface area contributed by atoms with Gasteiger partial charge in [0.1, 0.15) is 12.2 Å². The fourth-order valence-corrected chi connectivity index (χ4v) is 8.50. The Labute approximate surface area is 238 Å². The van der Waals surface area contributed by atoms with Gasteiger partial charge in [-0.15, -0.1) is 0 Å². The number of phosphoric acid groups is 1. The Morgan fingerprint density at radius 3 is 2.52 bits per heavy atom. The number of aliphatic hydroxyl groups excluding tert-OH is 2. The van der Waals surface area contributed by atoms with Gasteiger partial charge in [-0.05, 0) is 55.6 Å². The van der Waals surface area contributed by atoms with Crippen LogP contribution in [0.5, 0.6) is 0 Å². The van der Waals surface area contributed by atoms with Crippen molar-refractivity contribution in [2.24, 2.45) is 34.5 Å². The molecule has 8 nitrogen and oxygen atoms in total. The molecule has 3 saturated carbocycles. The van der Waals surface area contributed by atoms with E-state index in [-0.39, 0.29) is 101 Å². The molecule has 172 valence electrons. The summed E-state index contributed by atoms with van der Waals surface area (Å²) in [6.07, 6.45) is 5.32. The maximum atomic E-state index is 12.8. The van der Waals surface area contributed by atoms with E-state index in [9.17, 15) is 34.2 Å². The van der Waals surface area contributed by atoms with E-state index in [0.29, 0.717) is 12.8 Å². The molecule has 0 aromatic heterocycles. The normalized spacial score (nSPS) is 43.9. The van der Waals surface area contributed by atoms with E-state index in [1.807, 2.05) is 19.9 Å². The Morgan fingerprint density at radius 1 is 1.30 bits per heavy atom. The van der Waals surface area contributed by atoms with Crippen LogP contribution >= 0.6 is 7.82 Å². The number of ketones is 2. The van der Waals surface area contributed by atoms with Crippen molar-refractivity contribution in [3.05, 3.63) is 23.8 Å². The minimum atomic E-state index is -5.54. The Hall–Kier alpha value is 0.850. The number of fused-ring (bicyclic) bond motifs is 5. The average Bonchev–Trinajstić information content (AvgIpc) is 2.93. The van der Waals surface area contributed by atoms with Gasteiger partial charge in [-0.2, -0.15) is 0 Å². The predicted molar refractivity (Wildman–Crippen MR) is 106 cm³/mol. The smallest absolute Gasteiger partial charge is 0.790 e. The van der Waals surface area contributed by atoms with E-state index < -0.39 is 42.7 Å². The van der Waals surface area contributed by atoms with E-state index in [1.54, 1.807) is 13.0 Å². The van der Waals surface area contributed by atoms with Crippen molar-refractivity contribution >= 4 is 19.4 Å². The van der Waals surface area contributed by atoms with Gasteiger partial charge in [0.15, 0.2) is 11.6 Å². The molecule has 0 amide bonds. The second kappa shape index (κ2) is 9.96. The summed E-state index contributed by atoms with van der Waals surface area (Å²) in [7, 11) is -5.54. The zero-order valence-corrected chi connectivity index (χ0v) is 24.8. The summed E-state index contributed by atoms with van der Waals surface area (Å²) in [5, 5.41) is 20.9. The second-order valence-electron chi connectivity index (χ2n) is 10.2. The third kappa shape index (κ3) is 4.55. The first-order valence-electron chi connectivity index (χ1n) is 10.8. The van der Waals surface area contributed by atoms with Gasteiger partial charge in [0.05, 0.1) is 13.9 Å². The zero-order valence-electron chi connectivity index (χ0n) is 19.9. The Morgan fingerprint density at radius 2 is 1.94 bits per heavy atom. The Bertz CT molecular complexity index is 931. The van der Waals surface area contributed by atoms with Crippen LogP contribution in [-0.4, -0.2) is 40.1 Å². The minimum absolute atomic E-state index is 0. The molecule has 0 radical (unpaired) electrons. The summed E-state index contributed by atoms with van der Waals surface area (Å²) in [6, 6.07) is 0. The van der Waals surface area contributed by atoms with Crippen LogP contribution in [0.15, 0.2) is 23.8 Å². The summed E-state index contributed by atoms with van der Waals surface area (Å²) in [6.45, 7) is 4.80. The summed E-state index contributed by atoms with van der Waals surface area (Å²) < 4.78 is 16.6.